The maximum Gasteiger partial charge on any atom is 0.261 e. The molecule has 0 spiro atoms. The highest BCUT2D eigenvalue weighted by atomic mass is 32.1. The molecule has 1 saturated heterocycles. The summed E-state index contributed by atoms with van der Waals surface area (Å²) in [6.07, 6.45) is 2.04. The summed E-state index contributed by atoms with van der Waals surface area (Å²) in [5, 5.41) is 5.83. The van der Waals surface area contributed by atoms with E-state index in [9.17, 15) is 9.59 Å². The van der Waals surface area contributed by atoms with Crippen molar-refractivity contribution < 1.29 is 19.1 Å². The molecule has 8 heteroatoms. The molecule has 3 aromatic rings. The number of thiocarbonyl (C=S) groups is 1. The molecule has 0 bridgehead atoms. The van der Waals surface area contributed by atoms with Gasteiger partial charge >= 0.3 is 0 Å². The summed E-state index contributed by atoms with van der Waals surface area (Å²) in [7, 11) is 0. The lowest BCUT2D eigenvalue weighted by Crippen LogP contribution is -2.38. The van der Waals surface area contributed by atoms with Crippen molar-refractivity contribution in [3.8, 4) is 11.5 Å². The lowest BCUT2D eigenvalue weighted by Gasteiger charge is -2.30. The fourth-order valence-electron chi connectivity index (χ4n) is 4.06. The van der Waals surface area contributed by atoms with Gasteiger partial charge in [-0.2, -0.15) is 0 Å². The van der Waals surface area contributed by atoms with Gasteiger partial charge in [-0.25, -0.2) is 0 Å². The standard InChI is InChI=1S/C29H31N3O4S/c1-21-14-16-32(17-15-21)28(34)22-8-7-9-23(20-22)30-29(37)31-27(33)25-12-5-6-13-26(25)36-19-18-35-24-10-3-2-4-11-24/h2-13,20-21H,14-19H2,1H3,(H2,30,31,33,37). The topological polar surface area (TPSA) is 79.9 Å². The van der Waals surface area contributed by atoms with Crippen LogP contribution in [0, 0.1) is 5.92 Å². The molecule has 1 heterocycles. The summed E-state index contributed by atoms with van der Waals surface area (Å²) in [6, 6.07) is 23.6. The second-order valence-corrected chi connectivity index (χ2v) is 9.38. The van der Waals surface area contributed by atoms with Crippen LogP contribution in [0.4, 0.5) is 5.69 Å². The maximum absolute atomic E-state index is 12.9. The van der Waals surface area contributed by atoms with E-state index in [-0.39, 0.29) is 17.6 Å². The quantitative estimate of drug-likeness (QED) is 0.318. The number of nitrogens with zero attached hydrogens (tertiary/aromatic N) is 1. The zero-order chi connectivity index (χ0) is 26.0. The largest absolute Gasteiger partial charge is 0.490 e. The number of amides is 2. The summed E-state index contributed by atoms with van der Waals surface area (Å²) < 4.78 is 11.4. The normalized spacial score (nSPS) is 13.5. The number of likely N-dealkylation sites (tertiary alicyclic amines) is 1. The average molecular weight is 518 g/mol. The van der Waals surface area contributed by atoms with Crippen LogP contribution in [0.25, 0.3) is 0 Å². The first kappa shape index (κ1) is 26.2. The van der Waals surface area contributed by atoms with Crippen molar-refractivity contribution in [3.05, 3.63) is 90.0 Å². The molecule has 0 aromatic heterocycles. The van der Waals surface area contributed by atoms with Gasteiger partial charge in [0.1, 0.15) is 24.7 Å². The zero-order valence-electron chi connectivity index (χ0n) is 20.8. The molecule has 2 amide bonds. The Morgan fingerprint density at radius 1 is 0.919 bits per heavy atom. The van der Waals surface area contributed by atoms with Crippen molar-refractivity contribution in [1.29, 1.82) is 0 Å². The zero-order valence-corrected chi connectivity index (χ0v) is 21.6. The Balaban J connectivity index is 1.30. The molecule has 192 valence electrons. The number of carbonyl (C=O) groups is 2. The highest BCUT2D eigenvalue weighted by Crippen LogP contribution is 2.21. The van der Waals surface area contributed by atoms with Gasteiger partial charge in [0.2, 0.25) is 0 Å². The highest BCUT2D eigenvalue weighted by molar-refractivity contribution is 7.80. The van der Waals surface area contributed by atoms with Crippen molar-refractivity contribution in [1.82, 2.24) is 10.2 Å². The Hall–Kier alpha value is -3.91. The summed E-state index contributed by atoms with van der Waals surface area (Å²) in [5.74, 6) is 1.45. The lowest BCUT2D eigenvalue weighted by molar-refractivity contribution is 0.0697. The Morgan fingerprint density at radius 3 is 2.41 bits per heavy atom. The molecule has 2 N–H and O–H groups in total. The van der Waals surface area contributed by atoms with Gasteiger partial charge in [0.25, 0.3) is 11.8 Å². The van der Waals surface area contributed by atoms with Crippen LogP contribution in [0.3, 0.4) is 0 Å². The van der Waals surface area contributed by atoms with E-state index in [1.54, 1.807) is 48.5 Å². The monoisotopic (exact) mass is 517 g/mol. The number of nitrogens with one attached hydrogen (secondary N) is 2. The Kier molecular flexibility index (Phi) is 9.10. The fourth-order valence-corrected chi connectivity index (χ4v) is 4.28. The van der Waals surface area contributed by atoms with Crippen LogP contribution >= 0.6 is 12.2 Å². The second kappa shape index (κ2) is 12.9. The molecule has 0 atom stereocenters. The molecule has 4 rings (SSSR count). The van der Waals surface area contributed by atoms with Crippen LogP contribution in [-0.4, -0.2) is 48.1 Å². The van der Waals surface area contributed by atoms with Crippen LogP contribution in [0.1, 0.15) is 40.5 Å². The van der Waals surface area contributed by atoms with Gasteiger partial charge in [0, 0.05) is 24.3 Å². The molecule has 0 saturated carbocycles. The van der Waals surface area contributed by atoms with E-state index in [0.29, 0.717) is 35.1 Å². The second-order valence-electron chi connectivity index (χ2n) is 8.97. The Morgan fingerprint density at radius 2 is 1.62 bits per heavy atom. The molecule has 0 aliphatic carbocycles. The van der Waals surface area contributed by atoms with Crippen molar-refractivity contribution in [2.75, 3.05) is 31.6 Å². The molecule has 1 aliphatic heterocycles. The van der Waals surface area contributed by atoms with Crippen LogP contribution in [-0.2, 0) is 0 Å². The minimum Gasteiger partial charge on any atom is -0.490 e. The van der Waals surface area contributed by atoms with Crippen molar-refractivity contribution in [3.63, 3.8) is 0 Å². The minimum atomic E-state index is -0.397. The summed E-state index contributed by atoms with van der Waals surface area (Å²) in [5.41, 5.74) is 1.57. The molecular weight excluding hydrogens is 486 g/mol. The summed E-state index contributed by atoms with van der Waals surface area (Å²) >= 11 is 5.36. The lowest BCUT2D eigenvalue weighted by atomic mass is 9.98. The third kappa shape index (κ3) is 7.54. The number of rotatable bonds is 8. The first-order chi connectivity index (χ1) is 18.0. The van der Waals surface area contributed by atoms with E-state index in [1.807, 2.05) is 35.2 Å². The van der Waals surface area contributed by atoms with Crippen LogP contribution in [0.5, 0.6) is 11.5 Å². The fraction of sp³-hybridized carbons (Fsp3) is 0.276. The average Bonchev–Trinajstić information content (AvgIpc) is 2.92. The van der Waals surface area contributed by atoms with Gasteiger partial charge in [-0.3, -0.25) is 14.9 Å². The van der Waals surface area contributed by atoms with E-state index in [0.717, 1.165) is 31.7 Å². The van der Waals surface area contributed by atoms with E-state index in [4.69, 9.17) is 21.7 Å². The number of benzene rings is 3. The number of anilines is 1. The number of para-hydroxylation sites is 2. The molecule has 7 nitrogen and oxygen atoms in total. The van der Waals surface area contributed by atoms with Crippen LogP contribution in [0.15, 0.2) is 78.9 Å². The molecule has 1 aliphatic rings. The number of hydrogen-bond acceptors (Lipinski definition) is 5. The molecule has 1 fully saturated rings. The van der Waals surface area contributed by atoms with E-state index >= 15 is 0 Å². The molecule has 3 aromatic carbocycles. The highest BCUT2D eigenvalue weighted by Gasteiger charge is 2.21. The molecular formula is C29H31N3O4S. The minimum absolute atomic E-state index is 0.00724. The predicted molar refractivity (Wildman–Crippen MR) is 148 cm³/mol. The summed E-state index contributed by atoms with van der Waals surface area (Å²) in [4.78, 5) is 27.7. The molecule has 37 heavy (non-hydrogen) atoms. The Labute approximate surface area is 222 Å². The number of hydrogen-bond donors (Lipinski definition) is 2. The Bertz CT molecular complexity index is 1230. The maximum atomic E-state index is 12.9. The van der Waals surface area contributed by atoms with E-state index < -0.39 is 5.91 Å². The van der Waals surface area contributed by atoms with Crippen molar-refractivity contribution in [2.45, 2.75) is 19.8 Å². The third-order valence-electron chi connectivity index (χ3n) is 6.15. The van der Waals surface area contributed by atoms with Crippen molar-refractivity contribution >= 4 is 34.8 Å². The molecule has 0 unspecified atom stereocenters. The van der Waals surface area contributed by atoms with Crippen molar-refractivity contribution in [2.24, 2.45) is 5.92 Å². The smallest absolute Gasteiger partial charge is 0.261 e. The van der Waals surface area contributed by atoms with Crippen LogP contribution in [0.2, 0.25) is 0 Å². The first-order valence-corrected chi connectivity index (χ1v) is 12.8. The van der Waals surface area contributed by atoms with Gasteiger partial charge in [-0.15, -0.1) is 0 Å². The van der Waals surface area contributed by atoms with Gasteiger partial charge in [-0.1, -0.05) is 43.3 Å². The number of carbonyl (C=O) groups excluding carboxylic acids is 2. The number of piperidine rings is 1. The van der Waals surface area contributed by atoms with Gasteiger partial charge < -0.3 is 19.7 Å². The van der Waals surface area contributed by atoms with E-state index in [2.05, 4.69) is 17.6 Å². The van der Waals surface area contributed by atoms with Gasteiger partial charge in [0.15, 0.2) is 5.11 Å². The molecule has 0 radical (unpaired) electrons. The van der Waals surface area contributed by atoms with E-state index in [1.165, 1.54) is 0 Å². The van der Waals surface area contributed by atoms with Crippen LogP contribution < -0.4 is 20.1 Å². The third-order valence-corrected chi connectivity index (χ3v) is 6.35. The van der Waals surface area contributed by atoms with Gasteiger partial charge in [-0.05, 0) is 73.4 Å². The van der Waals surface area contributed by atoms with Gasteiger partial charge in [0.05, 0.1) is 5.56 Å². The number of ether oxygens (including phenoxy) is 2. The predicted octanol–water partition coefficient (Wildman–Crippen LogP) is 5.14. The first-order valence-electron chi connectivity index (χ1n) is 12.4. The SMILES string of the molecule is CC1CCN(C(=O)c2cccc(NC(=S)NC(=O)c3ccccc3OCCOc3ccccc3)c2)CC1. The summed E-state index contributed by atoms with van der Waals surface area (Å²) in [6.45, 7) is 4.37.